The van der Waals surface area contributed by atoms with Gasteiger partial charge in [0.05, 0.1) is 13.7 Å². The molecule has 0 amide bonds. The Bertz CT molecular complexity index is 893. The number of aromatic nitrogens is 3. The van der Waals surface area contributed by atoms with Crippen molar-refractivity contribution in [3.63, 3.8) is 0 Å². The highest BCUT2D eigenvalue weighted by Gasteiger charge is 2.23. The average Bonchev–Trinajstić information content (AvgIpc) is 3.09. The molecule has 0 aliphatic carbocycles. The molecule has 7 heteroatoms. The molecule has 3 heterocycles. The van der Waals surface area contributed by atoms with Crippen molar-refractivity contribution in [3.8, 4) is 11.5 Å². The van der Waals surface area contributed by atoms with Crippen LogP contribution in [0.25, 0.3) is 11.2 Å². The number of aryl methyl sites for hydroxylation is 1. The van der Waals surface area contributed by atoms with Gasteiger partial charge >= 0.3 is 0 Å². The molecular formula is C18H20N4O3. The van der Waals surface area contributed by atoms with Crippen molar-refractivity contribution in [2.45, 2.75) is 19.8 Å². The molecule has 3 aromatic rings. The van der Waals surface area contributed by atoms with Gasteiger partial charge in [-0.15, -0.1) is 0 Å². The van der Waals surface area contributed by atoms with Crippen molar-refractivity contribution in [3.05, 3.63) is 36.0 Å². The summed E-state index contributed by atoms with van der Waals surface area (Å²) in [6.45, 7) is 3.36. The van der Waals surface area contributed by atoms with Gasteiger partial charge in [-0.3, -0.25) is 0 Å². The van der Waals surface area contributed by atoms with E-state index in [4.69, 9.17) is 13.9 Å². The van der Waals surface area contributed by atoms with Crippen LogP contribution in [-0.2, 0) is 12.8 Å². The highest BCUT2D eigenvalue weighted by molar-refractivity contribution is 5.80. The minimum absolute atomic E-state index is 0.335. The zero-order chi connectivity index (χ0) is 17.2. The molecule has 0 bridgehead atoms. The standard InChI is InChI=1S/C18H20N4O3/c1-3-14-22-15-17(20-10-21-18(15)25-14)19-8-11-7-12-5-4-6-13(23-2)16(12)24-9-11/h4-6,10-11H,3,7-9H2,1-2H3,(H,19,20,21)/t11-/m1/s1. The lowest BCUT2D eigenvalue weighted by Crippen LogP contribution is -2.27. The fraction of sp³-hybridized carbons (Fsp3) is 0.389. The number of nitrogens with zero attached hydrogens (tertiary/aromatic N) is 3. The van der Waals surface area contributed by atoms with Crippen molar-refractivity contribution >= 4 is 17.0 Å². The second-order valence-corrected chi connectivity index (χ2v) is 6.05. The fourth-order valence-electron chi connectivity index (χ4n) is 3.07. The summed E-state index contributed by atoms with van der Waals surface area (Å²) in [6, 6.07) is 6.00. The van der Waals surface area contributed by atoms with Crippen LogP contribution in [0.15, 0.2) is 28.9 Å². The Morgan fingerprint density at radius 3 is 3.08 bits per heavy atom. The molecule has 4 rings (SSSR count). The minimum Gasteiger partial charge on any atom is -0.493 e. The molecule has 0 spiro atoms. The summed E-state index contributed by atoms with van der Waals surface area (Å²) in [5.41, 5.74) is 2.36. The molecule has 1 aliphatic rings. The van der Waals surface area contributed by atoms with Crippen molar-refractivity contribution in [2.75, 3.05) is 25.6 Å². The summed E-state index contributed by atoms with van der Waals surface area (Å²) in [5.74, 6) is 3.35. The van der Waals surface area contributed by atoms with E-state index in [0.29, 0.717) is 35.5 Å². The molecule has 1 atom stereocenters. The maximum Gasteiger partial charge on any atom is 0.252 e. The predicted octanol–water partition coefficient (Wildman–Crippen LogP) is 2.85. The van der Waals surface area contributed by atoms with Crippen LogP contribution in [0.2, 0.25) is 0 Å². The smallest absolute Gasteiger partial charge is 0.252 e. The van der Waals surface area contributed by atoms with Gasteiger partial charge in [-0.2, -0.15) is 4.98 Å². The van der Waals surface area contributed by atoms with Crippen LogP contribution in [0.5, 0.6) is 11.5 Å². The van der Waals surface area contributed by atoms with Gasteiger partial charge in [0.1, 0.15) is 6.33 Å². The van der Waals surface area contributed by atoms with Crippen molar-refractivity contribution in [1.29, 1.82) is 0 Å². The van der Waals surface area contributed by atoms with Crippen molar-refractivity contribution in [2.24, 2.45) is 5.92 Å². The third-order valence-corrected chi connectivity index (χ3v) is 4.35. The quantitative estimate of drug-likeness (QED) is 0.764. The molecule has 25 heavy (non-hydrogen) atoms. The number of hydrogen-bond acceptors (Lipinski definition) is 7. The largest absolute Gasteiger partial charge is 0.493 e. The van der Waals surface area contributed by atoms with Crippen LogP contribution in [0.1, 0.15) is 18.4 Å². The number of ether oxygens (including phenoxy) is 2. The Labute approximate surface area is 145 Å². The highest BCUT2D eigenvalue weighted by Crippen LogP contribution is 2.36. The zero-order valence-electron chi connectivity index (χ0n) is 14.3. The first kappa shape index (κ1) is 15.7. The minimum atomic E-state index is 0.335. The van der Waals surface area contributed by atoms with Crippen LogP contribution in [0.3, 0.4) is 0 Å². The monoisotopic (exact) mass is 340 g/mol. The molecule has 0 saturated heterocycles. The maximum atomic E-state index is 5.92. The van der Waals surface area contributed by atoms with E-state index in [1.54, 1.807) is 7.11 Å². The first-order valence-electron chi connectivity index (χ1n) is 8.41. The van der Waals surface area contributed by atoms with E-state index in [1.165, 1.54) is 11.9 Å². The molecule has 7 nitrogen and oxygen atoms in total. The van der Waals surface area contributed by atoms with E-state index >= 15 is 0 Å². The summed E-state index contributed by atoms with van der Waals surface area (Å²) in [4.78, 5) is 12.9. The van der Waals surface area contributed by atoms with Crippen LogP contribution < -0.4 is 14.8 Å². The lowest BCUT2D eigenvalue weighted by atomic mass is 9.96. The lowest BCUT2D eigenvalue weighted by molar-refractivity contribution is 0.218. The first-order chi connectivity index (χ1) is 12.3. The van der Waals surface area contributed by atoms with Gasteiger partial charge in [0.2, 0.25) is 0 Å². The van der Waals surface area contributed by atoms with Crippen LogP contribution in [-0.4, -0.2) is 35.2 Å². The van der Waals surface area contributed by atoms with E-state index < -0.39 is 0 Å². The number of fused-ring (bicyclic) bond motifs is 2. The number of hydrogen-bond donors (Lipinski definition) is 1. The molecule has 1 aliphatic heterocycles. The summed E-state index contributed by atoms with van der Waals surface area (Å²) in [6.07, 6.45) is 3.14. The number of para-hydroxylation sites is 1. The predicted molar refractivity (Wildman–Crippen MR) is 93.1 cm³/mol. The summed E-state index contributed by atoms with van der Waals surface area (Å²) in [7, 11) is 1.66. The van der Waals surface area contributed by atoms with Crippen LogP contribution in [0, 0.1) is 5.92 Å². The number of methoxy groups -OCH3 is 1. The normalized spacial score (nSPS) is 16.3. The average molecular weight is 340 g/mol. The molecular weight excluding hydrogens is 320 g/mol. The van der Waals surface area contributed by atoms with Gasteiger partial charge in [0.25, 0.3) is 5.71 Å². The van der Waals surface area contributed by atoms with E-state index in [1.807, 2.05) is 19.1 Å². The number of anilines is 1. The van der Waals surface area contributed by atoms with Crippen LogP contribution >= 0.6 is 0 Å². The van der Waals surface area contributed by atoms with Gasteiger partial charge in [-0.25, -0.2) is 9.97 Å². The number of nitrogens with one attached hydrogen (secondary N) is 1. The SMILES string of the molecule is CCc1nc2c(NC[C@@H]3COc4c(cccc4OC)C3)ncnc2o1. The molecule has 1 N–H and O–H groups in total. The van der Waals surface area contributed by atoms with Gasteiger partial charge in [0.15, 0.2) is 28.7 Å². The van der Waals surface area contributed by atoms with Gasteiger partial charge in [-0.1, -0.05) is 19.1 Å². The molecule has 0 fully saturated rings. The Morgan fingerprint density at radius 1 is 1.32 bits per heavy atom. The van der Waals surface area contributed by atoms with Crippen molar-refractivity contribution < 1.29 is 13.9 Å². The number of oxazole rings is 1. The van der Waals surface area contributed by atoms with Gasteiger partial charge in [-0.05, 0) is 18.1 Å². The summed E-state index contributed by atoms with van der Waals surface area (Å²) >= 11 is 0. The fourth-order valence-corrected chi connectivity index (χ4v) is 3.07. The molecule has 0 radical (unpaired) electrons. The molecule has 0 saturated carbocycles. The van der Waals surface area contributed by atoms with Gasteiger partial charge < -0.3 is 19.2 Å². The highest BCUT2D eigenvalue weighted by atomic mass is 16.5. The molecule has 0 unspecified atom stereocenters. The topological polar surface area (TPSA) is 82.3 Å². The Morgan fingerprint density at radius 2 is 2.24 bits per heavy atom. The first-order valence-corrected chi connectivity index (χ1v) is 8.41. The zero-order valence-corrected chi connectivity index (χ0v) is 14.3. The van der Waals surface area contributed by atoms with E-state index in [9.17, 15) is 0 Å². The third-order valence-electron chi connectivity index (χ3n) is 4.35. The van der Waals surface area contributed by atoms with E-state index in [0.717, 1.165) is 30.9 Å². The second-order valence-electron chi connectivity index (χ2n) is 6.05. The molecule has 1 aromatic carbocycles. The Hall–Kier alpha value is -2.83. The van der Waals surface area contributed by atoms with Crippen molar-refractivity contribution in [1.82, 2.24) is 15.0 Å². The summed E-state index contributed by atoms with van der Waals surface area (Å²) in [5, 5.41) is 3.37. The van der Waals surface area contributed by atoms with Crippen LogP contribution in [0.4, 0.5) is 5.82 Å². The molecule has 130 valence electrons. The molecule has 2 aromatic heterocycles. The lowest BCUT2D eigenvalue weighted by Gasteiger charge is -2.26. The van der Waals surface area contributed by atoms with Gasteiger partial charge in [0, 0.05) is 18.9 Å². The number of rotatable bonds is 5. The Kier molecular flexibility index (Phi) is 4.13. The maximum absolute atomic E-state index is 5.92. The van der Waals surface area contributed by atoms with E-state index in [2.05, 4.69) is 26.3 Å². The Balaban J connectivity index is 1.48. The second kappa shape index (κ2) is 6.58. The summed E-state index contributed by atoms with van der Waals surface area (Å²) < 4.78 is 16.9. The third kappa shape index (κ3) is 2.97. The van der Waals surface area contributed by atoms with E-state index in [-0.39, 0.29) is 0 Å². The number of benzene rings is 1.